The van der Waals surface area contributed by atoms with E-state index >= 15 is 0 Å². The van der Waals surface area contributed by atoms with E-state index < -0.39 is 27.7 Å². The summed E-state index contributed by atoms with van der Waals surface area (Å²) >= 11 is 5.99. The molecule has 0 aliphatic heterocycles. The van der Waals surface area contributed by atoms with Crippen LogP contribution in [0.2, 0.25) is 5.02 Å². The van der Waals surface area contributed by atoms with Crippen LogP contribution in [0.4, 0.5) is 4.39 Å². The lowest BCUT2D eigenvalue weighted by atomic mass is 10.1. The molecule has 0 radical (unpaired) electrons. The fraction of sp³-hybridized carbons (Fsp3) is 0.421. The van der Waals surface area contributed by atoms with Gasteiger partial charge in [0.25, 0.3) is 5.91 Å². The second-order valence-corrected chi connectivity index (χ2v) is 9.48. The number of nitrogens with zero attached hydrogens (tertiary/aromatic N) is 2. The third-order valence-electron chi connectivity index (χ3n) is 4.16. The molecule has 158 valence electrons. The Balaban J connectivity index is 2.06. The maximum atomic E-state index is 13.6. The summed E-state index contributed by atoms with van der Waals surface area (Å²) in [4.78, 5) is 20.4. The van der Waals surface area contributed by atoms with E-state index in [9.17, 15) is 17.6 Å². The van der Waals surface area contributed by atoms with Gasteiger partial charge in [-0.15, -0.1) is 0 Å². The molecule has 1 N–H and O–H groups in total. The van der Waals surface area contributed by atoms with Crippen molar-refractivity contribution in [1.29, 1.82) is 0 Å². The molecule has 0 saturated heterocycles. The number of ether oxygens (including phenoxy) is 1. The summed E-state index contributed by atoms with van der Waals surface area (Å²) in [5.74, 6) is -0.801. The third-order valence-corrected chi connectivity index (χ3v) is 5.54. The van der Waals surface area contributed by atoms with E-state index in [-0.39, 0.29) is 29.1 Å². The molecule has 0 saturated carbocycles. The first-order chi connectivity index (χ1) is 13.5. The fourth-order valence-corrected chi connectivity index (χ4v) is 3.58. The first-order valence-corrected chi connectivity index (χ1v) is 11.3. The predicted octanol–water partition coefficient (Wildman–Crippen LogP) is 3.27. The van der Waals surface area contributed by atoms with Gasteiger partial charge in [0.2, 0.25) is 5.82 Å². The minimum absolute atomic E-state index is 0.0161. The Hall–Kier alpha value is -2.26. The van der Waals surface area contributed by atoms with Crippen molar-refractivity contribution in [3.8, 4) is 5.75 Å². The van der Waals surface area contributed by atoms with Crippen LogP contribution in [0, 0.1) is 12.7 Å². The van der Waals surface area contributed by atoms with Crippen LogP contribution in [-0.2, 0) is 9.84 Å². The van der Waals surface area contributed by atoms with Crippen LogP contribution in [-0.4, -0.2) is 42.3 Å². The molecule has 1 amide bonds. The van der Waals surface area contributed by atoms with E-state index in [1.807, 2.05) is 0 Å². The van der Waals surface area contributed by atoms with Crippen molar-refractivity contribution in [2.45, 2.75) is 39.3 Å². The van der Waals surface area contributed by atoms with Gasteiger partial charge >= 0.3 is 0 Å². The second-order valence-electron chi connectivity index (χ2n) is 6.84. The molecule has 29 heavy (non-hydrogen) atoms. The molecule has 0 aliphatic rings. The SMILES string of the molecule is Cc1nc(C(=O)N[C@H](C)CCS(C)(=O)=O)ncc1O[C@@H](C)c1cccc(F)c1Cl. The highest BCUT2D eigenvalue weighted by Gasteiger charge is 2.18. The number of aryl methyl sites for hydroxylation is 1. The monoisotopic (exact) mass is 443 g/mol. The molecular weight excluding hydrogens is 421 g/mol. The zero-order chi connectivity index (χ0) is 21.8. The van der Waals surface area contributed by atoms with Gasteiger partial charge in [-0.25, -0.2) is 22.8 Å². The maximum absolute atomic E-state index is 13.6. The van der Waals surface area contributed by atoms with Crippen molar-refractivity contribution in [2.75, 3.05) is 12.0 Å². The number of amides is 1. The number of hydrogen-bond acceptors (Lipinski definition) is 6. The topological polar surface area (TPSA) is 98.2 Å². The van der Waals surface area contributed by atoms with Gasteiger partial charge in [0, 0.05) is 17.9 Å². The van der Waals surface area contributed by atoms with E-state index in [4.69, 9.17) is 16.3 Å². The van der Waals surface area contributed by atoms with Gasteiger partial charge in [-0.2, -0.15) is 0 Å². The second kappa shape index (κ2) is 9.49. The summed E-state index contributed by atoms with van der Waals surface area (Å²) in [5.41, 5.74) is 0.904. The summed E-state index contributed by atoms with van der Waals surface area (Å²) in [6.45, 7) is 5.07. The number of nitrogens with one attached hydrogen (secondary N) is 1. The van der Waals surface area contributed by atoms with E-state index in [1.54, 1.807) is 26.8 Å². The first kappa shape index (κ1) is 23.0. The number of carbonyl (C=O) groups excluding carboxylic acids is 1. The van der Waals surface area contributed by atoms with Crippen LogP contribution in [0.1, 0.15) is 48.2 Å². The van der Waals surface area contributed by atoms with E-state index in [0.717, 1.165) is 6.26 Å². The summed E-state index contributed by atoms with van der Waals surface area (Å²) < 4.78 is 41.9. The lowest BCUT2D eigenvalue weighted by Crippen LogP contribution is -2.35. The van der Waals surface area contributed by atoms with Gasteiger partial charge in [-0.3, -0.25) is 4.79 Å². The number of sulfone groups is 1. The summed E-state index contributed by atoms with van der Waals surface area (Å²) in [5, 5.41) is 2.65. The van der Waals surface area contributed by atoms with E-state index in [0.29, 0.717) is 17.0 Å². The molecule has 0 aliphatic carbocycles. The zero-order valence-electron chi connectivity index (χ0n) is 16.6. The molecule has 0 bridgehead atoms. The van der Waals surface area contributed by atoms with Crippen LogP contribution in [0.5, 0.6) is 5.75 Å². The molecule has 2 atom stereocenters. The van der Waals surface area contributed by atoms with Crippen molar-refractivity contribution in [1.82, 2.24) is 15.3 Å². The summed E-state index contributed by atoms with van der Waals surface area (Å²) in [7, 11) is -3.10. The molecule has 10 heteroatoms. The van der Waals surface area contributed by atoms with Crippen molar-refractivity contribution in [3.05, 3.63) is 52.3 Å². The molecule has 7 nitrogen and oxygen atoms in total. The quantitative estimate of drug-likeness (QED) is 0.672. The van der Waals surface area contributed by atoms with Crippen molar-refractivity contribution in [2.24, 2.45) is 0 Å². The van der Waals surface area contributed by atoms with E-state index in [2.05, 4.69) is 15.3 Å². The Morgan fingerprint density at radius 2 is 2.03 bits per heavy atom. The molecular formula is C19H23ClFN3O4S. The smallest absolute Gasteiger partial charge is 0.289 e. The molecule has 2 aromatic rings. The van der Waals surface area contributed by atoms with Crippen LogP contribution < -0.4 is 10.1 Å². The minimum Gasteiger partial charge on any atom is -0.482 e. The average molecular weight is 444 g/mol. The molecule has 0 spiro atoms. The molecule has 1 aromatic carbocycles. The number of halogens is 2. The summed E-state index contributed by atoms with van der Waals surface area (Å²) in [6, 6.07) is 4.11. The van der Waals surface area contributed by atoms with Crippen molar-refractivity contribution in [3.63, 3.8) is 0 Å². The van der Waals surface area contributed by atoms with Gasteiger partial charge in [0.1, 0.15) is 21.8 Å². The van der Waals surface area contributed by atoms with Gasteiger partial charge in [0.05, 0.1) is 22.7 Å². The van der Waals surface area contributed by atoms with Gasteiger partial charge in [-0.05, 0) is 33.3 Å². The van der Waals surface area contributed by atoms with Crippen molar-refractivity contribution >= 4 is 27.3 Å². The number of benzene rings is 1. The molecule has 0 fully saturated rings. The van der Waals surface area contributed by atoms with Gasteiger partial charge < -0.3 is 10.1 Å². The Morgan fingerprint density at radius 1 is 1.34 bits per heavy atom. The third kappa shape index (κ3) is 6.64. The highest BCUT2D eigenvalue weighted by Crippen LogP contribution is 2.29. The fourth-order valence-electron chi connectivity index (χ4n) is 2.52. The predicted molar refractivity (Wildman–Crippen MR) is 108 cm³/mol. The average Bonchev–Trinajstić information content (AvgIpc) is 2.63. The Bertz CT molecular complexity index is 1000. The lowest BCUT2D eigenvalue weighted by molar-refractivity contribution is 0.0928. The Labute approximate surface area is 174 Å². The standard InChI is InChI=1S/C19H23ClFN3O4S/c1-11(8-9-29(4,26)27)23-19(25)18-22-10-16(12(2)24-18)28-13(3)14-6-5-7-15(21)17(14)20/h5-7,10-11,13H,8-9H2,1-4H3,(H,23,25)/t11-,13+/m1/s1. The molecule has 0 unspecified atom stereocenters. The normalized spacial score (nSPS) is 13.6. The Morgan fingerprint density at radius 3 is 2.66 bits per heavy atom. The molecule has 1 aromatic heterocycles. The molecule has 2 rings (SSSR count). The van der Waals surface area contributed by atoms with Crippen LogP contribution in [0.25, 0.3) is 0 Å². The number of aromatic nitrogens is 2. The first-order valence-electron chi connectivity index (χ1n) is 8.90. The van der Waals surface area contributed by atoms with E-state index in [1.165, 1.54) is 18.3 Å². The van der Waals surface area contributed by atoms with Crippen LogP contribution in [0.3, 0.4) is 0 Å². The Kier molecular flexibility index (Phi) is 7.54. The number of carbonyl (C=O) groups is 1. The number of hydrogen-bond donors (Lipinski definition) is 1. The zero-order valence-corrected chi connectivity index (χ0v) is 18.1. The van der Waals surface area contributed by atoms with Crippen molar-refractivity contribution < 1.29 is 22.3 Å². The maximum Gasteiger partial charge on any atom is 0.289 e. The number of rotatable bonds is 8. The van der Waals surface area contributed by atoms with Gasteiger partial charge in [0.15, 0.2) is 5.75 Å². The highest BCUT2D eigenvalue weighted by molar-refractivity contribution is 7.90. The summed E-state index contributed by atoms with van der Waals surface area (Å²) in [6.07, 6.45) is 2.24. The lowest BCUT2D eigenvalue weighted by Gasteiger charge is -2.18. The largest absolute Gasteiger partial charge is 0.482 e. The van der Waals surface area contributed by atoms with Crippen LogP contribution >= 0.6 is 11.6 Å². The minimum atomic E-state index is -3.10. The molecule has 1 heterocycles. The van der Waals surface area contributed by atoms with Crippen LogP contribution in [0.15, 0.2) is 24.4 Å². The highest BCUT2D eigenvalue weighted by atomic mass is 35.5. The van der Waals surface area contributed by atoms with Gasteiger partial charge in [-0.1, -0.05) is 23.7 Å².